The first-order chi connectivity index (χ1) is 8.84. The van der Waals surface area contributed by atoms with Crippen LogP contribution < -0.4 is 5.73 Å². The largest absolute Gasteiger partial charge is 0.409 e. The molecule has 0 heterocycles. The third-order valence-electron chi connectivity index (χ3n) is 2.33. The fourth-order valence-electron chi connectivity index (χ4n) is 1.29. The van der Waals surface area contributed by atoms with Gasteiger partial charge in [-0.2, -0.15) is 24.9 Å². The number of benzene rings is 1. The van der Waals surface area contributed by atoms with E-state index in [1.165, 1.54) is 0 Å². The average molecular weight is 313 g/mol. The summed E-state index contributed by atoms with van der Waals surface area (Å²) in [6.07, 6.45) is -4.52. The van der Waals surface area contributed by atoms with E-state index in [0.29, 0.717) is 10.8 Å². The molecule has 1 aromatic carbocycles. The molecule has 0 aliphatic heterocycles. The highest BCUT2D eigenvalue weighted by molar-refractivity contribution is 7.98. The minimum absolute atomic E-state index is 0.304. The SMILES string of the molecule is N/C(=N/O)C(CSCc1ccc(Cl)cc1)C(F)(F)F. The van der Waals surface area contributed by atoms with Crippen LogP contribution in [0.25, 0.3) is 0 Å². The van der Waals surface area contributed by atoms with E-state index in [9.17, 15) is 13.2 Å². The Morgan fingerprint density at radius 1 is 1.37 bits per heavy atom. The summed E-state index contributed by atoms with van der Waals surface area (Å²) >= 11 is 6.76. The molecule has 0 bridgehead atoms. The summed E-state index contributed by atoms with van der Waals surface area (Å²) < 4.78 is 37.9. The summed E-state index contributed by atoms with van der Waals surface area (Å²) in [7, 11) is 0. The molecule has 1 rings (SSSR count). The second-order valence-electron chi connectivity index (χ2n) is 3.76. The lowest BCUT2D eigenvalue weighted by molar-refractivity contribution is -0.150. The highest BCUT2D eigenvalue weighted by Gasteiger charge is 2.42. The van der Waals surface area contributed by atoms with Crippen molar-refractivity contribution in [2.45, 2.75) is 11.9 Å². The Morgan fingerprint density at radius 2 is 1.95 bits per heavy atom. The van der Waals surface area contributed by atoms with Crippen molar-refractivity contribution in [3.63, 3.8) is 0 Å². The summed E-state index contributed by atoms with van der Waals surface area (Å²) in [5, 5.41) is 11.4. The van der Waals surface area contributed by atoms with Gasteiger partial charge >= 0.3 is 6.18 Å². The first kappa shape index (κ1) is 16.0. The predicted molar refractivity (Wildman–Crippen MR) is 70.6 cm³/mol. The van der Waals surface area contributed by atoms with Crippen LogP contribution in [0.15, 0.2) is 29.4 Å². The zero-order valence-electron chi connectivity index (χ0n) is 9.69. The molecule has 0 radical (unpaired) electrons. The van der Waals surface area contributed by atoms with Gasteiger partial charge in [-0.3, -0.25) is 0 Å². The van der Waals surface area contributed by atoms with E-state index in [1.54, 1.807) is 24.3 Å². The van der Waals surface area contributed by atoms with Gasteiger partial charge in [-0.15, -0.1) is 0 Å². The molecule has 0 fully saturated rings. The van der Waals surface area contributed by atoms with Crippen LogP contribution in [-0.2, 0) is 5.75 Å². The van der Waals surface area contributed by atoms with Crippen LogP contribution >= 0.6 is 23.4 Å². The third-order valence-corrected chi connectivity index (χ3v) is 3.69. The van der Waals surface area contributed by atoms with Crippen LogP contribution in [0.1, 0.15) is 5.56 Å². The fraction of sp³-hybridized carbons (Fsp3) is 0.364. The number of hydrogen-bond acceptors (Lipinski definition) is 3. The van der Waals surface area contributed by atoms with E-state index in [2.05, 4.69) is 5.16 Å². The molecule has 106 valence electrons. The lowest BCUT2D eigenvalue weighted by Crippen LogP contribution is -2.37. The van der Waals surface area contributed by atoms with Gasteiger partial charge in [0.05, 0.1) is 0 Å². The molecule has 1 atom stereocenters. The standard InChI is InChI=1S/C11H12ClF3N2OS/c12-8-3-1-7(2-4-8)5-19-6-9(10(16)17-18)11(13,14)15/h1-4,9,18H,5-6H2,(H2,16,17). The number of nitrogens with zero attached hydrogens (tertiary/aromatic N) is 1. The van der Waals surface area contributed by atoms with Crippen LogP contribution in [0.5, 0.6) is 0 Å². The van der Waals surface area contributed by atoms with Crippen molar-refractivity contribution >= 4 is 29.2 Å². The lowest BCUT2D eigenvalue weighted by atomic mass is 10.1. The van der Waals surface area contributed by atoms with E-state index in [0.717, 1.165) is 17.3 Å². The van der Waals surface area contributed by atoms with Crippen molar-refractivity contribution < 1.29 is 18.4 Å². The molecule has 1 aromatic rings. The molecule has 19 heavy (non-hydrogen) atoms. The first-order valence-corrected chi connectivity index (χ1v) is 6.74. The minimum Gasteiger partial charge on any atom is -0.409 e. The summed E-state index contributed by atoms with van der Waals surface area (Å²) in [6.45, 7) is 0. The van der Waals surface area contributed by atoms with Gasteiger partial charge < -0.3 is 10.9 Å². The average Bonchev–Trinajstić information content (AvgIpc) is 2.34. The molecule has 0 spiro atoms. The molecule has 0 aromatic heterocycles. The predicted octanol–water partition coefficient (Wildman–Crippen LogP) is 3.50. The number of alkyl halides is 3. The number of thioether (sulfide) groups is 1. The summed E-state index contributed by atoms with van der Waals surface area (Å²) in [6, 6.07) is 6.81. The van der Waals surface area contributed by atoms with E-state index >= 15 is 0 Å². The second kappa shape index (κ2) is 6.91. The number of rotatable bonds is 5. The van der Waals surface area contributed by atoms with Crippen molar-refractivity contribution in [3.05, 3.63) is 34.9 Å². The highest BCUT2D eigenvalue weighted by Crippen LogP contribution is 2.30. The Bertz CT molecular complexity index is 437. The summed E-state index contributed by atoms with van der Waals surface area (Å²) in [4.78, 5) is 0. The maximum atomic E-state index is 12.6. The zero-order chi connectivity index (χ0) is 14.5. The van der Waals surface area contributed by atoms with Crippen molar-refractivity contribution in [3.8, 4) is 0 Å². The molecule has 1 unspecified atom stereocenters. The maximum Gasteiger partial charge on any atom is 0.399 e. The van der Waals surface area contributed by atoms with Crippen molar-refractivity contribution in [2.24, 2.45) is 16.8 Å². The Morgan fingerprint density at radius 3 is 2.42 bits per heavy atom. The molecule has 8 heteroatoms. The van der Waals surface area contributed by atoms with Gasteiger partial charge in [0.25, 0.3) is 0 Å². The van der Waals surface area contributed by atoms with Crippen LogP contribution in [0.4, 0.5) is 13.2 Å². The van der Waals surface area contributed by atoms with Crippen molar-refractivity contribution in [1.29, 1.82) is 0 Å². The van der Waals surface area contributed by atoms with E-state index in [1.807, 2.05) is 0 Å². The van der Waals surface area contributed by atoms with Gasteiger partial charge in [-0.05, 0) is 17.7 Å². The van der Waals surface area contributed by atoms with E-state index in [-0.39, 0.29) is 5.75 Å². The van der Waals surface area contributed by atoms with E-state index in [4.69, 9.17) is 22.5 Å². The van der Waals surface area contributed by atoms with Gasteiger partial charge in [-0.1, -0.05) is 28.9 Å². The van der Waals surface area contributed by atoms with E-state index < -0.39 is 17.9 Å². The van der Waals surface area contributed by atoms with Crippen molar-refractivity contribution in [2.75, 3.05) is 5.75 Å². The van der Waals surface area contributed by atoms with Gasteiger partial charge in [0, 0.05) is 16.5 Å². The van der Waals surface area contributed by atoms with Gasteiger partial charge in [-0.25, -0.2) is 0 Å². The molecule has 0 saturated carbocycles. The van der Waals surface area contributed by atoms with Gasteiger partial charge in [0.2, 0.25) is 0 Å². The third kappa shape index (κ3) is 5.20. The molecular formula is C11H12ClF3N2OS. The van der Waals surface area contributed by atoms with Crippen LogP contribution in [0, 0.1) is 5.92 Å². The zero-order valence-corrected chi connectivity index (χ0v) is 11.3. The number of amidine groups is 1. The van der Waals surface area contributed by atoms with Gasteiger partial charge in [0.1, 0.15) is 5.92 Å². The topological polar surface area (TPSA) is 58.6 Å². The number of oxime groups is 1. The van der Waals surface area contributed by atoms with Crippen LogP contribution in [-0.4, -0.2) is 23.0 Å². The molecule has 0 amide bonds. The fourth-order valence-corrected chi connectivity index (χ4v) is 2.56. The number of nitrogens with two attached hydrogens (primary N) is 1. The second-order valence-corrected chi connectivity index (χ2v) is 5.23. The van der Waals surface area contributed by atoms with Crippen molar-refractivity contribution in [1.82, 2.24) is 0 Å². The summed E-state index contributed by atoms with van der Waals surface area (Å²) in [5.41, 5.74) is 5.91. The highest BCUT2D eigenvalue weighted by atomic mass is 35.5. The Labute approximate surface area is 117 Å². The van der Waals surface area contributed by atoms with Crippen LogP contribution in [0.3, 0.4) is 0 Å². The molecule has 3 nitrogen and oxygen atoms in total. The maximum absolute atomic E-state index is 12.6. The molecule has 0 aliphatic rings. The number of halogens is 4. The van der Waals surface area contributed by atoms with Crippen LogP contribution in [0.2, 0.25) is 5.02 Å². The van der Waals surface area contributed by atoms with Gasteiger partial charge in [0.15, 0.2) is 5.84 Å². The summed E-state index contributed by atoms with van der Waals surface area (Å²) in [5.74, 6) is -2.68. The lowest BCUT2D eigenvalue weighted by Gasteiger charge is -2.18. The minimum atomic E-state index is -4.52. The smallest absolute Gasteiger partial charge is 0.399 e. The normalized spacial score (nSPS) is 14.4. The molecule has 0 saturated heterocycles. The first-order valence-electron chi connectivity index (χ1n) is 5.21. The number of hydrogen-bond donors (Lipinski definition) is 2. The molecule has 3 N–H and O–H groups in total. The molecular weight excluding hydrogens is 301 g/mol. The monoisotopic (exact) mass is 312 g/mol. The molecule has 0 aliphatic carbocycles. The quantitative estimate of drug-likeness (QED) is 0.379. The Balaban J connectivity index is 2.56. The Hall–Kier alpha value is -1.08. The Kier molecular flexibility index (Phi) is 5.81.